The molecule has 0 spiro atoms. The van der Waals surface area contributed by atoms with Gasteiger partial charge in [0, 0.05) is 28.2 Å². The van der Waals surface area contributed by atoms with Crippen molar-refractivity contribution in [3.05, 3.63) is 0 Å². The summed E-state index contributed by atoms with van der Waals surface area (Å²) in [6.07, 6.45) is -1.76. The van der Waals surface area contributed by atoms with Crippen LogP contribution < -0.4 is 0 Å². The van der Waals surface area contributed by atoms with E-state index in [1.54, 1.807) is 28.2 Å². The average molecular weight is 213 g/mol. The van der Waals surface area contributed by atoms with Gasteiger partial charge < -0.3 is 19.1 Å². The minimum atomic E-state index is -0.880. The van der Waals surface area contributed by atoms with Crippen LogP contribution in [0.2, 0.25) is 0 Å². The molecule has 6 nitrogen and oxygen atoms in total. The Morgan fingerprint density at radius 3 is 1.53 bits per heavy atom. The number of nitrogens with zero attached hydrogens (tertiary/aromatic N) is 2. The lowest BCUT2D eigenvalue weighted by Crippen LogP contribution is -2.47. The van der Waals surface area contributed by atoms with Gasteiger partial charge in [0.1, 0.15) is 0 Å². The van der Waals surface area contributed by atoms with Crippen LogP contribution in [0.1, 0.15) is 0 Å². The zero-order chi connectivity index (χ0) is 11.6. The molecular formula is C8H14BN2O4. The summed E-state index contributed by atoms with van der Waals surface area (Å²) >= 11 is 0. The fourth-order valence-electron chi connectivity index (χ4n) is 1.18. The van der Waals surface area contributed by atoms with Crippen LogP contribution in [-0.2, 0) is 18.9 Å². The van der Waals surface area contributed by atoms with Gasteiger partial charge in [-0.1, -0.05) is 0 Å². The van der Waals surface area contributed by atoms with E-state index in [0.717, 1.165) is 7.69 Å². The molecule has 0 bridgehead atoms. The molecule has 2 amide bonds. The summed E-state index contributed by atoms with van der Waals surface area (Å²) < 4.78 is 9.95. The van der Waals surface area contributed by atoms with E-state index in [0.29, 0.717) is 0 Å². The molecule has 15 heavy (non-hydrogen) atoms. The van der Waals surface area contributed by atoms with E-state index in [4.69, 9.17) is 9.31 Å². The Kier molecular flexibility index (Phi) is 3.70. The summed E-state index contributed by atoms with van der Waals surface area (Å²) in [5, 5.41) is 0. The minimum absolute atomic E-state index is 0.288. The van der Waals surface area contributed by atoms with Gasteiger partial charge in [0.05, 0.1) is 0 Å². The molecule has 0 aliphatic carbocycles. The van der Waals surface area contributed by atoms with E-state index in [1.165, 1.54) is 9.80 Å². The molecule has 1 fully saturated rings. The summed E-state index contributed by atoms with van der Waals surface area (Å²) in [5.74, 6) is -0.576. The highest BCUT2D eigenvalue weighted by Gasteiger charge is 2.42. The molecule has 83 valence electrons. The third kappa shape index (κ3) is 2.48. The number of hydrogen-bond acceptors (Lipinski definition) is 4. The van der Waals surface area contributed by atoms with Crippen LogP contribution in [0.15, 0.2) is 0 Å². The van der Waals surface area contributed by atoms with Crippen LogP contribution in [0.25, 0.3) is 0 Å². The van der Waals surface area contributed by atoms with Crippen molar-refractivity contribution in [1.82, 2.24) is 9.80 Å². The van der Waals surface area contributed by atoms with Gasteiger partial charge >= 0.3 is 7.69 Å². The Bertz CT molecular complexity index is 243. The molecule has 1 heterocycles. The first-order valence-electron chi connectivity index (χ1n) is 4.50. The first kappa shape index (κ1) is 12.0. The van der Waals surface area contributed by atoms with Gasteiger partial charge in [0.2, 0.25) is 0 Å². The maximum Gasteiger partial charge on any atom is 0.489 e. The van der Waals surface area contributed by atoms with Crippen molar-refractivity contribution in [2.45, 2.75) is 12.2 Å². The molecular weight excluding hydrogens is 199 g/mol. The largest absolute Gasteiger partial charge is 0.489 e. The van der Waals surface area contributed by atoms with E-state index in [1.807, 2.05) is 0 Å². The molecule has 0 aromatic heterocycles. The molecule has 1 radical (unpaired) electrons. The van der Waals surface area contributed by atoms with Crippen molar-refractivity contribution in [3.8, 4) is 0 Å². The molecule has 1 saturated heterocycles. The second-order valence-corrected chi connectivity index (χ2v) is 3.67. The van der Waals surface area contributed by atoms with E-state index >= 15 is 0 Å². The highest BCUT2D eigenvalue weighted by Crippen LogP contribution is 2.15. The van der Waals surface area contributed by atoms with E-state index in [-0.39, 0.29) is 11.8 Å². The first-order chi connectivity index (χ1) is 6.95. The van der Waals surface area contributed by atoms with E-state index in [9.17, 15) is 9.59 Å². The zero-order valence-electron chi connectivity index (χ0n) is 9.26. The molecule has 2 unspecified atom stereocenters. The van der Waals surface area contributed by atoms with Crippen LogP contribution in [-0.4, -0.2) is 69.7 Å². The lowest BCUT2D eigenvalue weighted by atomic mass is 10.1. The van der Waals surface area contributed by atoms with Crippen molar-refractivity contribution >= 4 is 19.5 Å². The fraction of sp³-hybridized carbons (Fsp3) is 0.750. The van der Waals surface area contributed by atoms with Crippen LogP contribution in [0.5, 0.6) is 0 Å². The number of carbonyl (C=O) groups is 2. The van der Waals surface area contributed by atoms with Crippen molar-refractivity contribution in [2.75, 3.05) is 28.2 Å². The van der Waals surface area contributed by atoms with Crippen LogP contribution >= 0.6 is 0 Å². The summed E-state index contributed by atoms with van der Waals surface area (Å²) in [6, 6.07) is 0. The topological polar surface area (TPSA) is 59.1 Å². The maximum atomic E-state index is 11.6. The average Bonchev–Trinajstić information content (AvgIpc) is 2.63. The minimum Gasteiger partial charge on any atom is -0.399 e. The Hall–Kier alpha value is -1.08. The van der Waals surface area contributed by atoms with Gasteiger partial charge in [-0.3, -0.25) is 9.59 Å². The maximum absolute atomic E-state index is 11.6. The van der Waals surface area contributed by atoms with Crippen molar-refractivity contribution in [1.29, 1.82) is 0 Å². The van der Waals surface area contributed by atoms with Gasteiger partial charge in [-0.25, -0.2) is 0 Å². The third-order valence-corrected chi connectivity index (χ3v) is 2.05. The Labute approximate surface area is 89.4 Å². The molecule has 0 aromatic rings. The first-order valence-corrected chi connectivity index (χ1v) is 4.50. The van der Waals surface area contributed by atoms with E-state index in [2.05, 4.69) is 0 Å². The summed E-state index contributed by atoms with van der Waals surface area (Å²) in [5.41, 5.74) is 0. The smallest absolute Gasteiger partial charge is 0.399 e. The predicted molar refractivity (Wildman–Crippen MR) is 52.9 cm³/mol. The molecule has 1 aliphatic rings. The van der Waals surface area contributed by atoms with Gasteiger partial charge in [0.25, 0.3) is 11.8 Å². The number of carbonyl (C=O) groups excluding carboxylic acids is 2. The molecule has 7 heteroatoms. The van der Waals surface area contributed by atoms with Gasteiger partial charge in [-0.05, 0) is 0 Å². The lowest BCUT2D eigenvalue weighted by Gasteiger charge is -2.22. The summed E-state index contributed by atoms with van der Waals surface area (Å²) in [4.78, 5) is 26.0. The normalized spacial score (nSPS) is 24.5. The summed E-state index contributed by atoms with van der Waals surface area (Å²) in [6.45, 7) is 0. The SMILES string of the molecule is CN(C)C(=O)C1O[B]OC1C(=O)N(C)C. The van der Waals surface area contributed by atoms with Crippen molar-refractivity contribution in [3.63, 3.8) is 0 Å². The highest BCUT2D eigenvalue weighted by atomic mass is 16.6. The molecule has 1 rings (SSSR count). The number of rotatable bonds is 2. The standard InChI is InChI=1S/C8H14BN2O4/c1-10(2)7(12)5-6(15-9-14-5)8(13)11(3)4/h5-6H,1-4H3. The molecule has 1 aliphatic heterocycles. The van der Waals surface area contributed by atoms with Gasteiger partial charge in [0.15, 0.2) is 12.2 Å². The van der Waals surface area contributed by atoms with Crippen molar-refractivity contribution in [2.24, 2.45) is 0 Å². The predicted octanol–water partition coefficient (Wildman–Crippen LogP) is -1.52. The molecule has 0 aromatic carbocycles. The lowest BCUT2D eigenvalue weighted by molar-refractivity contribution is -0.146. The fourth-order valence-corrected chi connectivity index (χ4v) is 1.18. The Morgan fingerprint density at radius 1 is 0.933 bits per heavy atom. The second kappa shape index (κ2) is 4.63. The van der Waals surface area contributed by atoms with Gasteiger partial charge in [-0.15, -0.1) is 0 Å². The Balaban J connectivity index is 2.73. The molecule has 0 N–H and O–H groups in total. The number of likely N-dealkylation sites (N-methyl/N-ethyl adjacent to an activating group) is 2. The Morgan fingerprint density at radius 2 is 1.27 bits per heavy atom. The third-order valence-electron chi connectivity index (χ3n) is 2.05. The van der Waals surface area contributed by atoms with Crippen LogP contribution in [0.4, 0.5) is 0 Å². The monoisotopic (exact) mass is 213 g/mol. The number of amides is 2. The van der Waals surface area contributed by atoms with Crippen LogP contribution in [0, 0.1) is 0 Å². The summed E-state index contributed by atoms with van der Waals surface area (Å²) in [7, 11) is 7.43. The molecule has 0 saturated carbocycles. The van der Waals surface area contributed by atoms with Gasteiger partial charge in [-0.2, -0.15) is 0 Å². The second-order valence-electron chi connectivity index (χ2n) is 3.67. The van der Waals surface area contributed by atoms with Crippen molar-refractivity contribution < 1.29 is 18.9 Å². The zero-order valence-corrected chi connectivity index (χ0v) is 9.26. The van der Waals surface area contributed by atoms with E-state index < -0.39 is 12.2 Å². The number of hydrogen-bond donors (Lipinski definition) is 0. The quantitative estimate of drug-likeness (QED) is 0.523. The highest BCUT2D eigenvalue weighted by molar-refractivity contribution is 6.21. The van der Waals surface area contributed by atoms with Crippen LogP contribution in [0.3, 0.4) is 0 Å². The molecule has 2 atom stereocenters.